The van der Waals surface area contributed by atoms with Crippen LogP contribution >= 0.6 is 27.3 Å². The maximum Gasteiger partial charge on any atom is 0.0757 e. The van der Waals surface area contributed by atoms with Gasteiger partial charge in [-0.3, -0.25) is 0 Å². The summed E-state index contributed by atoms with van der Waals surface area (Å²) >= 11 is 5.40. The van der Waals surface area contributed by atoms with Gasteiger partial charge in [-0.05, 0) is 46.8 Å². The Labute approximate surface area is 110 Å². The molecule has 1 aromatic heterocycles. The van der Waals surface area contributed by atoms with E-state index in [1.54, 1.807) is 0 Å². The first-order chi connectivity index (χ1) is 7.72. The van der Waals surface area contributed by atoms with Crippen molar-refractivity contribution in [3.05, 3.63) is 20.8 Å². The van der Waals surface area contributed by atoms with E-state index in [1.165, 1.54) is 15.8 Å². The van der Waals surface area contributed by atoms with Gasteiger partial charge in [-0.2, -0.15) is 0 Å². The summed E-state index contributed by atoms with van der Waals surface area (Å²) < 4.78 is 7.06. The van der Waals surface area contributed by atoms with Gasteiger partial charge in [-0.25, -0.2) is 0 Å². The molecule has 2 nitrogen and oxygen atoms in total. The summed E-state index contributed by atoms with van der Waals surface area (Å²) in [5, 5.41) is 5.53. The minimum atomic E-state index is 0.360. The van der Waals surface area contributed by atoms with Gasteiger partial charge in [0.15, 0.2) is 0 Å². The molecule has 1 N–H and O–H groups in total. The van der Waals surface area contributed by atoms with Crippen LogP contribution in [0.15, 0.2) is 15.9 Å². The molecular weight excluding hydrogens is 286 g/mol. The predicted molar refractivity (Wildman–Crippen MR) is 72.1 cm³/mol. The molecule has 0 saturated carbocycles. The molecule has 0 aromatic carbocycles. The van der Waals surface area contributed by atoms with E-state index in [4.69, 9.17) is 4.74 Å². The van der Waals surface area contributed by atoms with Crippen LogP contribution in [0.2, 0.25) is 0 Å². The third-order valence-corrected chi connectivity index (χ3v) is 5.26. The second kappa shape index (κ2) is 5.63. The summed E-state index contributed by atoms with van der Waals surface area (Å²) in [6, 6.07) is 2.54. The fourth-order valence-corrected chi connectivity index (χ4v) is 3.86. The van der Waals surface area contributed by atoms with E-state index >= 15 is 0 Å². The lowest BCUT2D eigenvalue weighted by atomic mass is 9.95. The maximum absolute atomic E-state index is 5.83. The predicted octanol–water partition coefficient (Wildman–Crippen LogP) is 3.07. The minimum Gasteiger partial charge on any atom is -0.376 e. The number of likely N-dealkylation sites (N-methyl/N-ethyl adjacent to an activating group) is 1. The van der Waals surface area contributed by atoms with Crippen molar-refractivity contribution >= 4 is 27.3 Å². The molecule has 4 heteroatoms. The lowest BCUT2D eigenvalue weighted by Crippen LogP contribution is -2.41. The zero-order valence-electron chi connectivity index (χ0n) is 9.70. The molecule has 2 rings (SSSR count). The van der Waals surface area contributed by atoms with Gasteiger partial charge < -0.3 is 10.1 Å². The molecule has 1 fully saturated rings. The van der Waals surface area contributed by atoms with Crippen LogP contribution in [0.1, 0.15) is 18.2 Å². The summed E-state index contributed by atoms with van der Waals surface area (Å²) in [6.07, 6.45) is 2.59. The second-order valence-electron chi connectivity index (χ2n) is 4.39. The largest absolute Gasteiger partial charge is 0.376 e. The summed E-state index contributed by atoms with van der Waals surface area (Å²) in [7, 11) is 2.03. The van der Waals surface area contributed by atoms with Gasteiger partial charge in [-0.1, -0.05) is 6.92 Å². The zero-order valence-corrected chi connectivity index (χ0v) is 12.1. The molecule has 2 heterocycles. The van der Waals surface area contributed by atoms with Crippen LogP contribution in [0, 0.1) is 5.92 Å². The van der Waals surface area contributed by atoms with E-state index < -0.39 is 0 Å². The Morgan fingerprint density at radius 1 is 1.69 bits per heavy atom. The number of hydrogen-bond acceptors (Lipinski definition) is 3. The van der Waals surface area contributed by atoms with Crippen molar-refractivity contribution in [2.45, 2.75) is 31.9 Å². The van der Waals surface area contributed by atoms with Crippen molar-refractivity contribution in [2.24, 2.45) is 5.92 Å². The molecule has 0 amide bonds. The Morgan fingerprint density at radius 2 is 2.50 bits per heavy atom. The average Bonchev–Trinajstić information content (AvgIpc) is 2.85. The number of ether oxygens (including phenoxy) is 1. The molecule has 0 bridgehead atoms. The minimum absolute atomic E-state index is 0.360. The number of nitrogens with one attached hydrogen (secondary N) is 1. The van der Waals surface area contributed by atoms with Crippen LogP contribution in [-0.2, 0) is 11.2 Å². The van der Waals surface area contributed by atoms with Gasteiger partial charge in [0.05, 0.1) is 6.10 Å². The highest BCUT2D eigenvalue weighted by Gasteiger charge is 2.31. The standard InChI is InChI=1S/C12H18BrNOS/c1-8-3-5-15-12(8)10(14-2)7-11-9(13)4-6-16-11/h4,6,8,10,12,14H,3,5,7H2,1-2H3. The molecule has 0 aliphatic carbocycles. The first kappa shape index (κ1) is 12.6. The van der Waals surface area contributed by atoms with Crippen molar-refractivity contribution in [1.29, 1.82) is 0 Å². The lowest BCUT2D eigenvalue weighted by Gasteiger charge is -2.25. The highest BCUT2D eigenvalue weighted by molar-refractivity contribution is 9.10. The SMILES string of the molecule is CNC(Cc1sccc1Br)C1OCCC1C. The first-order valence-electron chi connectivity index (χ1n) is 5.73. The zero-order chi connectivity index (χ0) is 11.5. The highest BCUT2D eigenvalue weighted by Crippen LogP contribution is 2.29. The van der Waals surface area contributed by atoms with E-state index in [9.17, 15) is 0 Å². The Balaban J connectivity index is 2.03. The number of hydrogen-bond donors (Lipinski definition) is 1. The van der Waals surface area contributed by atoms with E-state index in [0.29, 0.717) is 18.1 Å². The average molecular weight is 304 g/mol. The molecule has 16 heavy (non-hydrogen) atoms. The Bertz CT molecular complexity index is 342. The van der Waals surface area contributed by atoms with Crippen LogP contribution in [0.25, 0.3) is 0 Å². The van der Waals surface area contributed by atoms with Gasteiger partial charge in [0, 0.05) is 28.4 Å². The van der Waals surface area contributed by atoms with Crippen molar-refractivity contribution < 1.29 is 4.74 Å². The Hall–Kier alpha value is 0.1000. The molecular formula is C12H18BrNOS. The molecule has 3 unspecified atom stereocenters. The molecule has 3 atom stereocenters. The summed E-state index contributed by atoms with van der Waals surface area (Å²) in [5.41, 5.74) is 0. The summed E-state index contributed by atoms with van der Waals surface area (Å²) in [6.45, 7) is 3.20. The van der Waals surface area contributed by atoms with Gasteiger partial charge in [0.25, 0.3) is 0 Å². The van der Waals surface area contributed by atoms with E-state index in [0.717, 1.165) is 13.0 Å². The van der Waals surface area contributed by atoms with Gasteiger partial charge >= 0.3 is 0 Å². The monoisotopic (exact) mass is 303 g/mol. The fourth-order valence-electron chi connectivity index (χ4n) is 2.28. The first-order valence-corrected chi connectivity index (χ1v) is 7.40. The molecule has 0 spiro atoms. The van der Waals surface area contributed by atoms with Crippen molar-refractivity contribution in [2.75, 3.05) is 13.7 Å². The van der Waals surface area contributed by atoms with Crippen molar-refractivity contribution in [3.63, 3.8) is 0 Å². The summed E-state index contributed by atoms with van der Waals surface area (Å²) in [4.78, 5) is 1.40. The van der Waals surface area contributed by atoms with Crippen LogP contribution in [-0.4, -0.2) is 25.8 Å². The maximum atomic E-state index is 5.83. The smallest absolute Gasteiger partial charge is 0.0757 e. The van der Waals surface area contributed by atoms with Gasteiger partial charge in [0.2, 0.25) is 0 Å². The van der Waals surface area contributed by atoms with Gasteiger partial charge in [0.1, 0.15) is 0 Å². The van der Waals surface area contributed by atoms with Crippen LogP contribution in [0.5, 0.6) is 0 Å². The number of thiophene rings is 1. The molecule has 0 radical (unpaired) electrons. The molecule has 1 aliphatic rings. The van der Waals surface area contributed by atoms with Crippen molar-refractivity contribution in [1.82, 2.24) is 5.32 Å². The molecule has 90 valence electrons. The third-order valence-electron chi connectivity index (χ3n) is 3.31. The van der Waals surface area contributed by atoms with Gasteiger partial charge in [-0.15, -0.1) is 11.3 Å². The topological polar surface area (TPSA) is 21.3 Å². The molecule has 1 aliphatic heterocycles. The second-order valence-corrected chi connectivity index (χ2v) is 6.25. The van der Waals surface area contributed by atoms with Crippen LogP contribution in [0.4, 0.5) is 0 Å². The van der Waals surface area contributed by atoms with E-state index in [1.807, 2.05) is 18.4 Å². The van der Waals surface area contributed by atoms with E-state index in [-0.39, 0.29) is 0 Å². The normalized spacial score (nSPS) is 27.2. The Kier molecular flexibility index (Phi) is 4.41. The Morgan fingerprint density at radius 3 is 3.00 bits per heavy atom. The third kappa shape index (κ3) is 2.67. The van der Waals surface area contributed by atoms with Crippen LogP contribution in [0.3, 0.4) is 0 Å². The number of halogens is 1. The lowest BCUT2D eigenvalue weighted by molar-refractivity contribution is 0.0636. The molecule has 1 saturated heterocycles. The highest BCUT2D eigenvalue weighted by atomic mass is 79.9. The molecule has 1 aromatic rings. The summed E-state index contributed by atoms with van der Waals surface area (Å²) in [5.74, 6) is 0.663. The van der Waals surface area contributed by atoms with Crippen molar-refractivity contribution in [3.8, 4) is 0 Å². The van der Waals surface area contributed by atoms with E-state index in [2.05, 4.69) is 39.6 Å². The fraction of sp³-hybridized carbons (Fsp3) is 0.667. The number of rotatable bonds is 4. The quantitative estimate of drug-likeness (QED) is 0.923. The van der Waals surface area contributed by atoms with Crippen LogP contribution < -0.4 is 5.32 Å².